The highest BCUT2D eigenvalue weighted by molar-refractivity contribution is 6.72. The molecule has 2 saturated heterocycles. The lowest BCUT2D eigenvalue weighted by Gasteiger charge is -2.39. The number of carbonyl (C=O) groups excluding carboxylic acids is 3. The molecule has 2 fully saturated rings. The van der Waals surface area contributed by atoms with E-state index in [1.165, 1.54) is 11.8 Å². The maximum Gasteiger partial charge on any atom is 0.304 e. The predicted molar refractivity (Wildman–Crippen MR) is 148 cm³/mol. The molecular weight excluding hydrogens is 535 g/mol. The highest BCUT2D eigenvalue weighted by Crippen LogP contribution is 2.60. The van der Waals surface area contributed by atoms with E-state index in [-0.39, 0.29) is 37.8 Å². The van der Waals surface area contributed by atoms with Crippen molar-refractivity contribution in [3.63, 3.8) is 0 Å². The van der Waals surface area contributed by atoms with Crippen molar-refractivity contribution in [2.24, 2.45) is 5.92 Å². The van der Waals surface area contributed by atoms with Gasteiger partial charge in [0.1, 0.15) is 5.75 Å². The molecule has 1 unspecified atom stereocenters. The van der Waals surface area contributed by atoms with Crippen LogP contribution < -0.4 is 14.5 Å². The smallest absolute Gasteiger partial charge is 0.304 e. The van der Waals surface area contributed by atoms with Gasteiger partial charge in [0.25, 0.3) is 5.91 Å². The Labute approximate surface area is 234 Å². The van der Waals surface area contributed by atoms with E-state index in [0.29, 0.717) is 22.7 Å². The Morgan fingerprint density at radius 3 is 2.48 bits per heavy atom. The van der Waals surface area contributed by atoms with Gasteiger partial charge in [-0.15, -0.1) is 0 Å². The third kappa shape index (κ3) is 4.49. The Hall–Kier alpha value is -3.28. The van der Waals surface area contributed by atoms with Crippen molar-refractivity contribution < 1.29 is 37.8 Å². The number of hydrogen-bond donors (Lipinski definition) is 1. The van der Waals surface area contributed by atoms with Gasteiger partial charge in [0.2, 0.25) is 14.3 Å². The van der Waals surface area contributed by atoms with Gasteiger partial charge < -0.3 is 28.3 Å². The van der Waals surface area contributed by atoms with Crippen LogP contribution in [0.3, 0.4) is 0 Å². The third-order valence-electron chi connectivity index (χ3n) is 8.34. The summed E-state index contributed by atoms with van der Waals surface area (Å²) in [5.74, 6) is -0.770. The number of nitrogens with zero attached hydrogens (tertiary/aromatic N) is 2. The lowest BCUT2D eigenvalue weighted by molar-refractivity contribution is -0.154. The summed E-state index contributed by atoms with van der Waals surface area (Å²) in [7, 11) is -1.74. The Kier molecular flexibility index (Phi) is 7.26. The summed E-state index contributed by atoms with van der Waals surface area (Å²) < 4.78 is 32.9. The van der Waals surface area contributed by atoms with E-state index in [0.717, 1.165) is 5.56 Å². The number of halogens is 1. The van der Waals surface area contributed by atoms with Crippen molar-refractivity contribution in [2.75, 3.05) is 23.5 Å². The monoisotopic (exact) mass is 570 g/mol. The highest BCUT2D eigenvalue weighted by atomic mass is 28.4. The van der Waals surface area contributed by atoms with Crippen molar-refractivity contribution in [1.82, 2.24) is 0 Å². The molecule has 2 aromatic carbocycles. The van der Waals surface area contributed by atoms with Crippen LogP contribution in [0.2, 0.25) is 18.6 Å². The molecular formula is C29H35FN2O7Si. The molecule has 214 valence electrons. The summed E-state index contributed by atoms with van der Waals surface area (Å²) in [5, 5.41) is 9.73. The lowest BCUT2D eigenvalue weighted by atomic mass is 9.82. The third-order valence-corrected chi connectivity index (χ3v) is 10.8. The normalized spacial score (nSPS) is 27.7. The van der Waals surface area contributed by atoms with Crippen LogP contribution in [-0.4, -0.2) is 57.3 Å². The van der Waals surface area contributed by atoms with E-state index in [2.05, 4.69) is 0 Å². The number of amides is 2. The first kappa shape index (κ1) is 28.3. The Morgan fingerprint density at radius 2 is 1.90 bits per heavy atom. The molecule has 0 aromatic heterocycles. The Balaban J connectivity index is 1.48. The fraction of sp³-hybridized carbons (Fsp3) is 0.483. The second-order valence-electron chi connectivity index (χ2n) is 11.3. The Bertz CT molecular complexity index is 1330. The summed E-state index contributed by atoms with van der Waals surface area (Å²) in [5.41, 5.74) is 0.823. The number of ether oxygens (including phenoxy) is 3. The number of rotatable bonds is 8. The molecule has 0 saturated carbocycles. The number of methoxy groups -OCH3 is 1. The van der Waals surface area contributed by atoms with Crippen LogP contribution in [0.4, 0.5) is 15.5 Å². The number of β-lactam (4-membered cyclic amide) rings is 1. The summed E-state index contributed by atoms with van der Waals surface area (Å²) in [4.78, 5) is 41.0. The number of anilines is 2. The average molecular weight is 571 g/mol. The molecule has 1 spiro atoms. The number of aliphatic hydroxyl groups excluding tert-OH is 1. The quantitative estimate of drug-likeness (QED) is 0.221. The van der Waals surface area contributed by atoms with Crippen LogP contribution in [0.25, 0.3) is 0 Å². The molecule has 2 aromatic rings. The number of benzene rings is 2. The number of aliphatic hydroxyl groups is 1. The van der Waals surface area contributed by atoms with Gasteiger partial charge in [-0.3, -0.25) is 19.3 Å². The molecule has 3 aliphatic rings. The molecule has 5 atom stereocenters. The topological polar surface area (TPSA) is 106 Å². The van der Waals surface area contributed by atoms with Gasteiger partial charge in [-0.1, -0.05) is 19.1 Å². The van der Waals surface area contributed by atoms with Gasteiger partial charge in [0, 0.05) is 36.2 Å². The zero-order valence-corrected chi connectivity index (χ0v) is 24.3. The number of carbonyl (C=O) groups is 3. The maximum absolute atomic E-state index is 15.7. The minimum Gasteiger partial charge on any atom is -0.497 e. The first-order valence-electron chi connectivity index (χ1n) is 13.5. The van der Waals surface area contributed by atoms with Gasteiger partial charge in [0.05, 0.1) is 31.9 Å². The Morgan fingerprint density at radius 1 is 1.20 bits per heavy atom. The zero-order chi connectivity index (χ0) is 29.0. The zero-order valence-electron chi connectivity index (χ0n) is 23.3. The second kappa shape index (κ2) is 10.3. The van der Waals surface area contributed by atoms with E-state index >= 15 is 4.11 Å². The van der Waals surface area contributed by atoms with Crippen molar-refractivity contribution in [2.45, 2.75) is 69.8 Å². The molecule has 9 nitrogen and oxygen atoms in total. The largest absolute Gasteiger partial charge is 0.497 e. The standard InChI is InChI=1S/C29H35FN2O7Si/c1-17-27(40(4,5)30)24(12-13-33)39-29(17)22-14-21(37-3)10-11-23(22)31(28(29)36)16-19-6-8-20(9-7-19)32-25(35)15-26(32)38-18(2)34/h6-11,14,17,24,26-27,33H,12-13,15-16H2,1-5H3/t17-,24+,26?,27-,29+/m1/s1. The van der Waals surface area contributed by atoms with Gasteiger partial charge >= 0.3 is 5.97 Å². The molecule has 0 radical (unpaired) electrons. The fourth-order valence-corrected chi connectivity index (χ4v) is 9.18. The number of fused-ring (bicyclic) bond motifs is 2. The summed E-state index contributed by atoms with van der Waals surface area (Å²) in [6.07, 6.45) is -0.828. The number of hydrogen-bond acceptors (Lipinski definition) is 7. The molecule has 3 heterocycles. The van der Waals surface area contributed by atoms with Crippen LogP contribution in [0, 0.1) is 5.92 Å². The summed E-state index contributed by atoms with van der Waals surface area (Å²) in [6.45, 7) is 6.49. The maximum atomic E-state index is 15.7. The molecule has 0 bridgehead atoms. The van der Waals surface area contributed by atoms with E-state index in [4.69, 9.17) is 14.2 Å². The summed E-state index contributed by atoms with van der Waals surface area (Å²) >= 11 is 0. The molecule has 3 aliphatic heterocycles. The van der Waals surface area contributed by atoms with E-state index in [1.807, 2.05) is 25.1 Å². The van der Waals surface area contributed by atoms with Crippen LogP contribution in [0.5, 0.6) is 5.75 Å². The molecule has 0 aliphatic carbocycles. The number of esters is 1. The van der Waals surface area contributed by atoms with Crippen molar-refractivity contribution in [3.05, 3.63) is 53.6 Å². The molecule has 5 rings (SSSR count). The van der Waals surface area contributed by atoms with Gasteiger partial charge in [-0.05, 0) is 55.4 Å². The first-order chi connectivity index (χ1) is 18.9. The van der Waals surface area contributed by atoms with Crippen LogP contribution in [0.1, 0.15) is 37.8 Å². The summed E-state index contributed by atoms with van der Waals surface area (Å²) in [6, 6.07) is 12.5. The van der Waals surface area contributed by atoms with Gasteiger partial charge in [0.15, 0.2) is 11.8 Å². The SMILES string of the molecule is COc1ccc2c(c1)[C@]1(O[C@@H](CCO)[C@H]([Si](C)(C)F)[C@H]1C)C(=O)N2Cc1ccc(N2C(=O)CC2OC(C)=O)cc1. The predicted octanol–water partition coefficient (Wildman–Crippen LogP) is 4.03. The van der Waals surface area contributed by atoms with Crippen LogP contribution >= 0.6 is 0 Å². The molecule has 1 N–H and O–H groups in total. The first-order valence-corrected chi connectivity index (χ1v) is 16.4. The fourth-order valence-electron chi connectivity index (χ4n) is 6.64. The van der Waals surface area contributed by atoms with Crippen LogP contribution in [0.15, 0.2) is 42.5 Å². The minimum absolute atomic E-state index is 0.140. The second-order valence-corrected chi connectivity index (χ2v) is 15.1. The average Bonchev–Trinajstić information content (AvgIpc) is 3.31. The molecule has 40 heavy (non-hydrogen) atoms. The molecule has 2 amide bonds. The lowest BCUT2D eigenvalue weighted by Crippen LogP contribution is -2.54. The van der Waals surface area contributed by atoms with Gasteiger partial charge in [-0.25, -0.2) is 0 Å². The highest BCUT2D eigenvalue weighted by Gasteiger charge is 2.66. The van der Waals surface area contributed by atoms with Gasteiger partial charge in [-0.2, -0.15) is 0 Å². The van der Waals surface area contributed by atoms with E-state index in [1.54, 1.807) is 49.4 Å². The van der Waals surface area contributed by atoms with Crippen molar-refractivity contribution in [3.8, 4) is 5.75 Å². The molecule has 11 heteroatoms. The van der Waals surface area contributed by atoms with Crippen molar-refractivity contribution in [1.29, 1.82) is 0 Å². The minimum atomic E-state index is -3.29. The van der Waals surface area contributed by atoms with Crippen LogP contribution in [-0.2, 0) is 36.0 Å². The van der Waals surface area contributed by atoms with Crippen molar-refractivity contribution >= 4 is 37.6 Å². The van der Waals surface area contributed by atoms with E-state index < -0.39 is 43.8 Å². The van der Waals surface area contributed by atoms with E-state index in [9.17, 15) is 19.5 Å².